The molecule has 0 aliphatic heterocycles. The summed E-state index contributed by atoms with van der Waals surface area (Å²) < 4.78 is 29.7. The van der Waals surface area contributed by atoms with Gasteiger partial charge < -0.3 is 29.0 Å². The van der Waals surface area contributed by atoms with Gasteiger partial charge in [-0.1, -0.05) is 31.9 Å². The first-order chi connectivity index (χ1) is 24.0. The molecule has 0 saturated carbocycles. The van der Waals surface area contributed by atoms with E-state index in [-0.39, 0.29) is 0 Å². The maximum atomic E-state index is 6.11. The quantitative estimate of drug-likeness (QED) is 0.0938. The molecule has 256 valence electrons. The second-order valence-electron chi connectivity index (χ2n) is 11.5. The number of nitrogens with zero attached hydrogens (tertiary/aromatic N) is 1. The zero-order chi connectivity index (χ0) is 34.4. The van der Waals surface area contributed by atoms with Gasteiger partial charge in [0, 0.05) is 34.6 Å². The monoisotopic (exact) mass is 660 g/mol. The van der Waals surface area contributed by atoms with Crippen LogP contribution < -0.4 is 29.0 Å². The van der Waals surface area contributed by atoms with E-state index in [1.807, 2.05) is 88.4 Å². The van der Waals surface area contributed by atoms with E-state index in [0.717, 1.165) is 86.8 Å². The number of pyridine rings is 1. The van der Waals surface area contributed by atoms with Crippen LogP contribution in [0.5, 0.6) is 28.7 Å². The Bertz CT molecular complexity index is 1690. The van der Waals surface area contributed by atoms with E-state index in [0.29, 0.717) is 26.4 Å². The summed E-state index contributed by atoms with van der Waals surface area (Å²) in [4.78, 5) is 5.18. The molecule has 0 bridgehead atoms. The topological polar surface area (TPSA) is 71.1 Å². The molecule has 0 aliphatic carbocycles. The fraction of sp³-hybridized carbons (Fsp3) is 0.310. The van der Waals surface area contributed by atoms with Crippen LogP contribution in [0.15, 0.2) is 97.1 Å². The van der Waals surface area contributed by atoms with Crippen molar-refractivity contribution >= 4 is 11.4 Å². The van der Waals surface area contributed by atoms with Gasteiger partial charge in [0.25, 0.3) is 0 Å². The summed E-state index contributed by atoms with van der Waals surface area (Å²) in [6.07, 6.45) is 3.44. The predicted octanol–water partition coefficient (Wildman–Crippen LogP) is 11.0. The van der Waals surface area contributed by atoms with Gasteiger partial charge in [-0.15, -0.1) is 0 Å². The summed E-state index contributed by atoms with van der Waals surface area (Å²) in [5, 5.41) is 3.51. The van der Waals surface area contributed by atoms with E-state index in [2.05, 4.69) is 48.6 Å². The lowest BCUT2D eigenvalue weighted by Crippen LogP contribution is -2.00. The standard InChI is InChI=1S/C42H48N2O5/c1-6-11-12-25-49-34-19-17-33(18-20-34)43-32-15-13-30(14-16-32)31-26-39(37-23-21-35(45-7-2)28-41(37)47-9-4)44-40(27-31)38-24-22-36(46-8-3)29-42(38)48-10-5/h13-24,26-29,43H,6-12,25H2,1-5H3. The summed E-state index contributed by atoms with van der Waals surface area (Å²) in [6, 6.07) is 32.6. The van der Waals surface area contributed by atoms with Crippen molar-refractivity contribution < 1.29 is 23.7 Å². The van der Waals surface area contributed by atoms with Crippen LogP contribution in [0.3, 0.4) is 0 Å². The number of nitrogens with one attached hydrogen (secondary N) is 1. The van der Waals surface area contributed by atoms with Crippen LogP contribution in [0, 0.1) is 0 Å². The number of hydrogen-bond acceptors (Lipinski definition) is 7. The summed E-state index contributed by atoms with van der Waals surface area (Å²) in [5.74, 6) is 3.85. The minimum absolute atomic E-state index is 0.520. The van der Waals surface area contributed by atoms with Crippen molar-refractivity contribution in [1.29, 1.82) is 0 Å². The Balaban J connectivity index is 1.50. The summed E-state index contributed by atoms with van der Waals surface area (Å²) >= 11 is 0. The highest BCUT2D eigenvalue weighted by molar-refractivity contribution is 5.81. The highest BCUT2D eigenvalue weighted by atomic mass is 16.5. The molecule has 0 spiro atoms. The molecule has 0 unspecified atom stereocenters. The van der Waals surface area contributed by atoms with Gasteiger partial charge in [-0.3, -0.25) is 0 Å². The van der Waals surface area contributed by atoms with Gasteiger partial charge in [0.1, 0.15) is 28.7 Å². The van der Waals surface area contributed by atoms with Crippen LogP contribution in [0.1, 0.15) is 53.9 Å². The zero-order valence-corrected chi connectivity index (χ0v) is 29.4. The minimum Gasteiger partial charge on any atom is -0.494 e. The highest BCUT2D eigenvalue weighted by Gasteiger charge is 2.17. The molecule has 49 heavy (non-hydrogen) atoms. The first-order valence-electron chi connectivity index (χ1n) is 17.5. The molecule has 1 N–H and O–H groups in total. The normalized spacial score (nSPS) is 10.8. The number of hydrogen-bond donors (Lipinski definition) is 1. The molecule has 4 aromatic carbocycles. The Kier molecular flexibility index (Phi) is 12.8. The van der Waals surface area contributed by atoms with Crippen LogP contribution in [0.4, 0.5) is 11.4 Å². The van der Waals surface area contributed by atoms with Crippen molar-refractivity contribution in [3.8, 4) is 62.4 Å². The average molecular weight is 661 g/mol. The van der Waals surface area contributed by atoms with Crippen molar-refractivity contribution in [3.63, 3.8) is 0 Å². The first kappa shape index (κ1) is 35.1. The van der Waals surface area contributed by atoms with Gasteiger partial charge >= 0.3 is 0 Å². The highest BCUT2D eigenvalue weighted by Crippen LogP contribution is 2.39. The van der Waals surface area contributed by atoms with Crippen molar-refractivity contribution in [2.24, 2.45) is 0 Å². The second-order valence-corrected chi connectivity index (χ2v) is 11.5. The Labute approximate surface area is 291 Å². The Morgan fingerprint density at radius 2 is 0.959 bits per heavy atom. The van der Waals surface area contributed by atoms with Crippen LogP contribution in [0.2, 0.25) is 0 Å². The van der Waals surface area contributed by atoms with Gasteiger partial charge in [0.2, 0.25) is 0 Å². The van der Waals surface area contributed by atoms with Gasteiger partial charge in [-0.2, -0.15) is 0 Å². The fourth-order valence-electron chi connectivity index (χ4n) is 5.55. The second kappa shape index (κ2) is 17.8. The molecule has 1 heterocycles. The lowest BCUT2D eigenvalue weighted by molar-refractivity contribution is 0.306. The third-order valence-electron chi connectivity index (χ3n) is 7.88. The van der Waals surface area contributed by atoms with Crippen LogP contribution >= 0.6 is 0 Å². The number of ether oxygens (including phenoxy) is 5. The molecule has 1 aromatic heterocycles. The van der Waals surface area contributed by atoms with Gasteiger partial charge in [-0.05, 0) is 118 Å². The Morgan fingerprint density at radius 1 is 0.469 bits per heavy atom. The van der Waals surface area contributed by atoms with E-state index >= 15 is 0 Å². The maximum absolute atomic E-state index is 6.11. The molecule has 5 aromatic rings. The van der Waals surface area contributed by atoms with Crippen molar-refractivity contribution in [2.75, 3.05) is 38.4 Å². The van der Waals surface area contributed by atoms with Crippen molar-refractivity contribution in [3.05, 3.63) is 97.1 Å². The molecule has 7 heteroatoms. The third-order valence-corrected chi connectivity index (χ3v) is 7.88. The number of unbranched alkanes of at least 4 members (excludes halogenated alkanes) is 2. The maximum Gasteiger partial charge on any atom is 0.132 e. The summed E-state index contributed by atoms with van der Waals surface area (Å²) in [6.45, 7) is 13.0. The van der Waals surface area contributed by atoms with Crippen LogP contribution in [-0.2, 0) is 0 Å². The van der Waals surface area contributed by atoms with E-state index in [1.165, 1.54) is 12.8 Å². The summed E-state index contributed by atoms with van der Waals surface area (Å²) in [5.41, 5.74) is 7.40. The molecule has 0 fully saturated rings. The Hall–Kier alpha value is -5.17. The van der Waals surface area contributed by atoms with Crippen molar-refractivity contribution in [2.45, 2.75) is 53.9 Å². The molecule has 0 atom stereocenters. The Morgan fingerprint density at radius 3 is 1.45 bits per heavy atom. The predicted molar refractivity (Wildman–Crippen MR) is 200 cm³/mol. The van der Waals surface area contributed by atoms with Crippen LogP contribution in [-0.4, -0.2) is 38.0 Å². The molecule has 0 saturated heterocycles. The van der Waals surface area contributed by atoms with E-state index < -0.39 is 0 Å². The number of anilines is 2. The van der Waals surface area contributed by atoms with E-state index in [4.69, 9.17) is 28.7 Å². The number of benzene rings is 4. The molecule has 5 rings (SSSR count). The largest absolute Gasteiger partial charge is 0.494 e. The molecule has 0 aliphatic rings. The summed E-state index contributed by atoms with van der Waals surface area (Å²) in [7, 11) is 0. The van der Waals surface area contributed by atoms with E-state index in [9.17, 15) is 0 Å². The zero-order valence-electron chi connectivity index (χ0n) is 29.4. The fourth-order valence-corrected chi connectivity index (χ4v) is 5.55. The van der Waals surface area contributed by atoms with Gasteiger partial charge in [0.15, 0.2) is 0 Å². The van der Waals surface area contributed by atoms with Gasteiger partial charge in [-0.25, -0.2) is 4.98 Å². The smallest absolute Gasteiger partial charge is 0.132 e. The number of aromatic nitrogens is 1. The average Bonchev–Trinajstić information content (AvgIpc) is 3.12. The molecular formula is C42H48N2O5. The molecule has 0 radical (unpaired) electrons. The third kappa shape index (κ3) is 9.47. The van der Waals surface area contributed by atoms with Gasteiger partial charge in [0.05, 0.1) is 44.4 Å². The lowest BCUT2D eigenvalue weighted by Gasteiger charge is -2.17. The lowest BCUT2D eigenvalue weighted by atomic mass is 9.99. The minimum atomic E-state index is 0.520. The molecule has 0 amide bonds. The van der Waals surface area contributed by atoms with E-state index in [1.54, 1.807) is 0 Å². The first-order valence-corrected chi connectivity index (χ1v) is 17.5. The molecular weight excluding hydrogens is 612 g/mol. The van der Waals surface area contributed by atoms with Crippen molar-refractivity contribution in [1.82, 2.24) is 4.98 Å². The van der Waals surface area contributed by atoms with Crippen LogP contribution in [0.25, 0.3) is 33.6 Å². The number of rotatable bonds is 18. The SMILES string of the molecule is CCCCCOc1ccc(Nc2ccc(-c3cc(-c4ccc(OCC)cc4OCC)nc(-c4ccc(OCC)cc4OCC)c3)cc2)cc1. The molecule has 7 nitrogen and oxygen atoms in total.